The first kappa shape index (κ1) is 15.9. The molecule has 0 spiro atoms. The highest BCUT2D eigenvalue weighted by molar-refractivity contribution is 6.37. The van der Waals surface area contributed by atoms with E-state index in [0.29, 0.717) is 0 Å². The van der Waals surface area contributed by atoms with Crippen LogP contribution >= 0.6 is 23.2 Å². The summed E-state index contributed by atoms with van der Waals surface area (Å²) in [7, 11) is 0. The fourth-order valence-electron chi connectivity index (χ4n) is 2.57. The third-order valence-corrected chi connectivity index (χ3v) is 4.16. The molecule has 7 heteroatoms. The number of nitrogens with one attached hydrogen (secondary N) is 2. The number of aromatic carboxylic acids is 1. The molecule has 1 aromatic carbocycles. The summed E-state index contributed by atoms with van der Waals surface area (Å²) in [5.41, 5.74) is -0.348. The minimum absolute atomic E-state index is 0.0488. The first-order valence-electron chi connectivity index (χ1n) is 6.62. The Labute approximate surface area is 132 Å². The van der Waals surface area contributed by atoms with Crippen molar-refractivity contribution < 1.29 is 14.7 Å². The molecular formula is C14H16Cl2N2O3. The zero-order valence-electron chi connectivity index (χ0n) is 11.5. The fraction of sp³-hybridized carbons (Fsp3) is 0.429. The number of halogens is 2. The van der Waals surface area contributed by atoms with Crippen LogP contribution in [0, 0.1) is 0 Å². The molecule has 0 heterocycles. The molecule has 1 aliphatic carbocycles. The maximum atomic E-state index is 12.1. The molecule has 1 aliphatic rings. The average Bonchev–Trinajstić information content (AvgIpc) is 2.78. The number of rotatable bonds is 3. The van der Waals surface area contributed by atoms with Gasteiger partial charge >= 0.3 is 12.0 Å². The molecule has 0 radical (unpaired) electrons. The molecule has 21 heavy (non-hydrogen) atoms. The van der Waals surface area contributed by atoms with Crippen molar-refractivity contribution in [1.29, 1.82) is 0 Å². The van der Waals surface area contributed by atoms with E-state index in [-0.39, 0.29) is 26.8 Å². The summed E-state index contributed by atoms with van der Waals surface area (Å²) in [5.74, 6) is -1.21. The number of urea groups is 1. The summed E-state index contributed by atoms with van der Waals surface area (Å²) in [6.45, 7) is 1.97. The Hall–Kier alpha value is -1.46. The summed E-state index contributed by atoms with van der Waals surface area (Å²) in [4.78, 5) is 23.3. The van der Waals surface area contributed by atoms with Crippen LogP contribution in [0.5, 0.6) is 0 Å². The van der Waals surface area contributed by atoms with Crippen molar-refractivity contribution in [3.05, 3.63) is 27.7 Å². The van der Waals surface area contributed by atoms with E-state index >= 15 is 0 Å². The van der Waals surface area contributed by atoms with Crippen LogP contribution in [-0.2, 0) is 0 Å². The Morgan fingerprint density at radius 2 is 1.86 bits per heavy atom. The lowest BCUT2D eigenvalue weighted by Crippen LogP contribution is -2.45. The number of carboxylic acid groups (broad SMARTS) is 1. The zero-order valence-corrected chi connectivity index (χ0v) is 13.0. The summed E-state index contributed by atoms with van der Waals surface area (Å²) in [6.07, 6.45) is 3.94. The third kappa shape index (κ3) is 3.80. The van der Waals surface area contributed by atoms with Crippen LogP contribution in [0.2, 0.25) is 10.0 Å². The van der Waals surface area contributed by atoms with E-state index in [9.17, 15) is 14.7 Å². The molecule has 5 nitrogen and oxygen atoms in total. The Bertz CT molecular complexity index is 584. The minimum atomic E-state index is -1.21. The molecule has 1 aromatic rings. The summed E-state index contributed by atoms with van der Waals surface area (Å²) in [5, 5.41) is 14.9. The van der Waals surface area contributed by atoms with Crippen molar-refractivity contribution in [3.8, 4) is 0 Å². The molecule has 0 atom stereocenters. The van der Waals surface area contributed by atoms with Crippen molar-refractivity contribution in [3.63, 3.8) is 0 Å². The quantitative estimate of drug-likeness (QED) is 0.779. The largest absolute Gasteiger partial charge is 0.478 e. The first-order chi connectivity index (χ1) is 9.81. The van der Waals surface area contributed by atoms with Gasteiger partial charge in [0.1, 0.15) is 0 Å². The molecule has 1 fully saturated rings. The van der Waals surface area contributed by atoms with Gasteiger partial charge in [0.2, 0.25) is 0 Å². The Balaban J connectivity index is 2.19. The summed E-state index contributed by atoms with van der Waals surface area (Å²) < 4.78 is 0. The van der Waals surface area contributed by atoms with E-state index in [4.69, 9.17) is 23.2 Å². The predicted octanol–water partition coefficient (Wildman–Crippen LogP) is 4.15. The van der Waals surface area contributed by atoms with Crippen molar-refractivity contribution in [1.82, 2.24) is 5.32 Å². The maximum Gasteiger partial charge on any atom is 0.337 e. The van der Waals surface area contributed by atoms with Crippen LogP contribution in [0.25, 0.3) is 0 Å². The van der Waals surface area contributed by atoms with Gasteiger partial charge in [0.25, 0.3) is 0 Å². The normalized spacial score (nSPS) is 16.5. The predicted molar refractivity (Wildman–Crippen MR) is 82.4 cm³/mol. The SMILES string of the molecule is CC1(NC(=O)Nc2c(Cl)cc(Cl)cc2C(=O)O)CCCC1. The van der Waals surface area contributed by atoms with E-state index in [1.807, 2.05) is 6.92 Å². The number of carbonyl (C=O) groups excluding carboxylic acids is 1. The lowest BCUT2D eigenvalue weighted by molar-refractivity contribution is 0.0698. The summed E-state index contributed by atoms with van der Waals surface area (Å²) >= 11 is 11.8. The molecule has 3 N–H and O–H groups in total. The van der Waals surface area contributed by atoms with Gasteiger partial charge in [-0.05, 0) is 31.9 Å². The molecule has 2 rings (SSSR count). The topological polar surface area (TPSA) is 78.4 Å². The second-order valence-electron chi connectivity index (χ2n) is 5.46. The van der Waals surface area contributed by atoms with Gasteiger partial charge in [0.15, 0.2) is 0 Å². The third-order valence-electron chi connectivity index (χ3n) is 3.65. The van der Waals surface area contributed by atoms with E-state index in [1.165, 1.54) is 12.1 Å². The molecule has 0 bridgehead atoms. The number of benzene rings is 1. The lowest BCUT2D eigenvalue weighted by Gasteiger charge is -2.25. The highest BCUT2D eigenvalue weighted by Crippen LogP contribution is 2.32. The first-order valence-corrected chi connectivity index (χ1v) is 7.38. The van der Waals surface area contributed by atoms with E-state index in [2.05, 4.69) is 10.6 Å². The fourth-order valence-corrected chi connectivity index (χ4v) is 3.11. The van der Waals surface area contributed by atoms with Crippen LogP contribution in [0.15, 0.2) is 12.1 Å². The van der Waals surface area contributed by atoms with Crippen molar-refractivity contribution in [2.24, 2.45) is 0 Å². The van der Waals surface area contributed by atoms with Gasteiger partial charge in [-0.3, -0.25) is 0 Å². The molecule has 1 saturated carbocycles. The highest BCUT2D eigenvalue weighted by Gasteiger charge is 2.30. The highest BCUT2D eigenvalue weighted by atomic mass is 35.5. The van der Waals surface area contributed by atoms with Crippen molar-refractivity contribution >= 4 is 40.9 Å². The number of hydrogen-bond donors (Lipinski definition) is 3. The molecule has 2 amide bonds. The number of amides is 2. The molecule has 0 aromatic heterocycles. The standard InChI is InChI=1S/C14H16Cl2N2O3/c1-14(4-2-3-5-14)18-13(21)17-11-9(12(19)20)6-8(15)7-10(11)16/h6-7H,2-5H2,1H3,(H,19,20)(H2,17,18,21). The average molecular weight is 331 g/mol. The van der Waals surface area contributed by atoms with Crippen LogP contribution in [-0.4, -0.2) is 22.6 Å². The van der Waals surface area contributed by atoms with Gasteiger partial charge in [0.05, 0.1) is 16.3 Å². The Kier molecular flexibility index (Phi) is 4.64. The second kappa shape index (κ2) is 6.12. The monoisotopic (exact) mass is 330 g/mol. The van der Waals surface area contributed by atoms with Crippen molar-refractivity contribution in [2.75, 3.05) is 5.32 Å². The molecule has 0 unspecified atom stereocenters. The smallest absolute Gasteiger partial charge is 0.337 e. The number of anilines is 1. The lowest BCUT2D eigenvalue weighted by atomic mass is 10.0. The molecule has 0 saturated heterocycles. The van der Waals surface area contributed by atoms with E-state index in [1.54, 1.807) is 0 Å². The second-order valence-corrected chi connectivity index (χ2v) is 6.31. The maximum absolute atomic E-state index is 12.1. The van der Waals surface area contributed by atoms with Crippen LogP contribution in [0.4, 0.5) is 10.5 Å². The molecule has 0 aliphatic heterocycles. The van der Waals surface area contributed by atoms with Crippen LogP contribution in [0.3, 0.4) is 0 Å². The van der Waals surface area contributed by atoms with Gasteiger partial charge in [-0.25, -0.2) is 9.59 Å². The van der Waals surface area contributed by atoms with Gasteiger partial charge < -0.3 is 15.7 Å². The molecule has 114 valence electrons. The Morgan fingerprint density at radius 1 is 1.24 bits per heavy atom. The van der Waals surface area contributed by atoms with Gasteiger partial charge in [0, 0.05) is 10.6 Å². The van der Waals surface area contributed by atoms with E-state index < -0.39 is 12.0 Å². The molecular weight excluding hydrogens is 315 g/mol. The van der Waals surface area contributed by atoms with Crippen molar-refractivity contribution in [2.45, 2.75) is 38.1 Å². The zero-order chi connectivity index (χ0) is 15.6. The summed E-state index contributed by atoms with van der Waals surface area (Å²) in [6, 6.07) is 2.18. The number of hydrogen-bond acceptors (Lipinski definition) is 2. The Morgan fingerprint density at radius 3 is 2.43 bits per heavy atom. The van der Waals surface area contributed by atoms with Gasteiger partial charge in [-0.15, -0.1) is 0 Å². The number of carbonyl (C=O) groups is 2. The van der Waals surface area contributed by atoms with Gasteiger partial charge in [-0.1, -0.05) is 36.0 Å². The number of carboxylic acids is 1. The van der Waals surface area contributed by atoms with Gasteiger partial charge in [-0.2, -0.15) is 0 Å². The van der Waals surface area contributed by atoms with E-state index in [0.717, 1.165) is 25.7 Å². The minimum Gasteiger partial charge on any atom is -0.478 e. The van der Waals surface area contributed by atoms with Crippen LogP contribution < -0.4 is 10.6 Å². The van der Waals surface area contributed by atoms with Crippen LogP contribution in [0.1, 0.15) is 43.0 Å².